The van der Waals surface area contributed by atoms with Gasteiger partial charge in [-0.25, -0.2) is 9.97 Å². The molecule has 1 aromatic carbocycles. The maximum absolute atomic E-state index is 11.9. The van der Waals surface area contributed by atoms with Crippen molar-refractivity contribution in [2.24, 2.45) is 0 Å². The zero-order valence-corrected chi connectivity index (χ0v) is 9.96. The quantitative estimate of drug-likeness (QED) is 0.607. The number of ketones is 2. The third-order valence-electron chi connectivity index (χ3n) is 2.48. The van der Waals surface area contributed by atoms with E-state index in [0.717, 1.165) is 5.56 Å². The first kappa shape index (κ1) is 12.1. The van der Waals surface area contributed by atoms with Crippen molar-refractivity contribution in [3.63, 3.8) is 0 Å². The highest BCUT2D eigenvalue weighted by atomic mass is 16.1. The Balaban J connectivity index is 2.11. The van der Waals surface area contributed by atoms with Crippen LogP contribution in [0.2, 0.25) is 0 Å². The Morgan fingerprint density at radius 1 is 1.06 bits per heavy atom. The summed E-state index contributed by atoms with van der Waals surface area (Å²) in [5.41, 5.74) is 1.53. The minimum absolute atomic E-state index is 0.0819. The van der Waals surface area contributed by atoms with Gasteiger partial charge in [0.2, 0.25) is 5.78 Å². The Kier molecular flexibility index (Phi) is 3.57. The summed E-state index contributed by atoms with van der Waals surface area (Å²) in [7, 11) is 0. The van der Waals surface area contributed by atoms with Crippen molar-refractivity contribution in [1.82, 2.24) is 9.97 Å². The van der Waals surface area contributed by atoms with Crippen molar-refractivity contribution in [3.05, 3.63) is 59.7 Å². The second-order valence-electron chi connectivity index (χ2n) is 3.97. The average Bonchev–Trinajstić information content (AvgIpc) is 2.39. The van der Waals surface area contributed by atoms with Gasteiger partial charge in [0.1, 0.15) is 0 Å². The number of Topliss-reactive ketones (excluding diaryl/α,β-unsaturated/α-hetero) is 2. The molecular formula is C14H12N2O2. The molecule has 0 amide bonds. The summed E-state index contributed by atoms with van der Waals surface area (Å²) in [4.78, 5) is 31.3. The summed E-state index contributed by atoms with van der Waals surface area (Å²) in [6.45, 7) is 1.90. The van der Waals surface area contributed by atoms with Gasteiger partial charge in [0, 0.05) is 18.0 Å². The molecule has 1 heterocycles. The van der Waals surface area contributed by atoms with Gasteiger partial charge in [-0.2, -0.15) is 0 Å². The molecule has 0 bridgehead atoms. The molecule has 0 unspecified atom stereocenters. The molecule has 18 heavy (non-hydrogen) atoms. The highest BCUT2D eigenvalue weighted by molar-refractivity contribution is 6.12. The van der Waals surface area contributed by atoms with Crippen LogP contribution < -0.4 is 0 Å². The van der Waals surface area contributed by atoms with E-state index < -0.39 is 0 Å². The Hall–Kier alpha value is -2.36. The van der Waals surface area contributed by atoms with E-state index in [2.05, 4.69) is 9.97 Å². The smallest absolute Gasteiger partial charge is 0.207 e. The van der Waals surface area contributed by atoms with E-state index in [-0.39, 0.29) is 23.8 Å². The van der Waals surface area contributed by atoms with Crippen molar-refractivity contribution in [2.45, 2.75) is 13.3 Å². The molecule has 0 aliphatic rings. The van der Waals surface area contributed by atoms with Crippen LogP contribution in [0.4, 0.5) is 0 Å². The number of nitrogens with zero attached hydrogens (tertiary/aromatic N) is 2. The zero-order chi connectivity index (χ0) is 13.0. The molecule has 0 spiro atoms. The highest BCUT2D eigenvalue weighted by Crippen LogP contribution is 2.08. The number of carbonyl (C=O) groups is 2. The number of hydrogen-bond donors (Lipinski definition) is 0. The third kappa shape index (κ3) is 2.85. The fraction of sp³-hybridized carbons (Fsp3) is 0.143. The fourth-order valence-electron chi connectivity index (χ4n) is 1.59. The standard InChI is InChI=1S/C14H12N2O2/c1-10-4-2-5-11(8-10)12(17)9-13(18)14-15-6-3-7-16-14/h2-8H,9H2,1H3. The molecule has 0 saturated heterocycles. The van der Waals surface area contributed by atoms with Crippen molar-refractivity contribution >= 4 is 11.6 Å². The molecule has 0 radical (unpaired) electrons. The van der Waals surface area contributed by atoms with E-state index in [1.807, 2.05) is 13.0 Å². The normalized spacial score (nSPS) is 10.1. The minimum atomic E-state index is -0.359. The van der Waals surface area contributed by atoms with Crippen molar-refractivity contribution < 1.29 is 9.59 Å². The zero-order valence-electron chi connectivity index (χ0n) is 9.96. The summed E-state index contributed by atoms with van der Waals surface area (Å²) >= 11 is 0. The molecule has 2 rings (SSSR count). The van der Waals surface area contributed by atoms with Crippen LogP contribution in [-0.4, -0.2) is 21.5 Å². The van der Waals surface area contributed by atoms with Gasteiger partial charge < -0.3 is 0 Å². The fourth-order valence-corrected chi connectivity index (χ4v) is 1.59. The first-order chi connectivity index (χ1) is 8.66. The predicted octanol–water partition coefficient (Wildman–Crippen LogP) is 2.24. The molecule has 2 aromatic rings. The van der Waals surface area contributed by atoms with Crippen molar-refractivity contribution in [2.75, 3.05) is 0 Å². The Morgan fingerprint density at radius 3 is 2.44 bits per heavy atom. The second kappa shape index (κ2) is 5.31. The lowest BCUT2D eigenvalue weighted by Crippen LogP contribution is -2.11. The lowest BCUT2D eigenvalue weighted by atomic mass is 10.0. The summed E-state index contributed by atoms with van der Waals surface area (Å²) in [6.07, 6.45) is 2.77. The summed E-state index contributed by atoms with van der Waals surface area (Å²) in [5.74, 6) is -0.489. The number of benzene rings is 1. The number of rotatable bonds is 4. The summed E-state index contributed by atoms with van der Waals surface area (Å²) in [5, 5.41) is 0. The molecular weight excluding hydrogens is 228 g/mol. The lowest BCUT2D eigenvalue weighted by molar-refractivity contribution is 0.0888. The Morgan fingerprint density at radius 2 is 1.78 bits per heavy atom. The molecule has 4 heteroatoms. The van der Waals surface area contributed by atoms with Gasteiger partial charge in [-0.1, -0.05) is 23.8 Å². The van der Waals surface area contributed by atoms with Gasteiger partial charge >= 0.3 is 0 Å². The van der Waals surface area contributed by atoms with Crippen LogP contribution in [-0.2, 0) is 0 Å². The molecule has 0 aliphatic carbocycles. The van der Waals surface area contributed by atoms with E-state index >= 15 is 0 Å². The first-order valence-corrected chi connectivity index (χ1v) is 5.57. The van der Waals surface area contributed by atoms with E-state index in [4.69, 9.17) is 0 Å². The predicted molar refractivity (Wildman–Crippen MR) is 66.5 cm³/mol. The second-order valence-corrected chi connectivity index (χ2v) is 3.97. The van der Waals surface area contributed by atoms with E-state index in [1.165, 1.54) is 12.4 Å². The van der Waals surface area contributed by atoms with Crippen LogP contribution in [0.3, 0.4) is 0 Å². The number of hydrogen-bond acceptors (Lipinski definition) is 4. The average molecular weight is 240 g/mol. The number of carbonyl (C=O) groups excluding carboxylic acids is 2. The van der Waals surface area contributed by atoms with Gasteiger partial charge in [-0.15, -0.1) is 0 Å². The van der Waals surface area contributed by atoms with Gasteiger partial charge in [0.05, 0.1) is 6.42 Å². The van der Waals surface area contributed by atoms with Crippen LogP contribution in [0.1, 0.15) is 33.0 Å². The van der Waals surface area contributed by atoms with Crippen molar-refractivity contribution in [3.8, 4) is 0 Å². The van der Waals surface area contributed by atoms with Crippen LogP contribution in [0.25, 0.3) is 0 Å². The van der Waals surface area contributed by atoms with Gasteiger partial charge in [0.15, 0.2) is 11.6 Å². The molecule has 0 N–H and O–H groups in total. The third-order valence-corrected chi connectivity index (χ3v) is 2.48. The van der Waals surface area contributed by atoms with Gasteiger partial charge in [0.25, 0.3) is 0 Å². The Bertz CT molecular complexity index is 579. The SMILES string of the molecule is Cc1cccc(C(=O)CC(=O)c2ncccn2)c1. The topological polar surface area (TPSA) is 59.9 Å². The molecule has 0 saturated carbocycles. The van der Waals surface area contributed by atoms with E-state index in [1.54, 1.807) is 24.3 Å². The molecule has 0 fully saturated rings. The first-order valence-electron chi connectivity index (χ1n) is 5.57. The molecule has 0 atom stereocenters. The molecule has 1 aromatic heterocycles. The highest BCUT2D eigenvalue weighted by Gasteiger charge is 2.15. The molecule has 4 nitrogen and oxygen atoms in total. The monoisotopic (exact) mass is 240 g/mol. The number of aryl methyl sites for hydroxylation is 1. The van der Waals surface area contributed by atoms with Crippen LogP contribution >= 0.6 is 0 Å². The van der Waals surface area contributed by atoms with E-state index in [0.29, 0.717) is 5.56 Å². The molecule has 0 aliphatic heterocycles. The van der Waals surface area contributed by atoms with Crippen LogP contribution in [0, 0.1) is 6.92 Å². The van der Waals surface area contributed by atoms with Gasteiger partial charge in [-0.05, 0) is 19.1 Å². The van der Waals surface area contributed by atoms with Gasteiger partial charge in [-0.3, -0.25) is 9.59 Å². The molecule has 90 valence electrons. The van der Waals surface area contributed by atoms with Crippen LogP contribution in [0.5, 0.6) is 0 Å². The van der Waals surface area contributed by atoms with Crippen LogP contribution in [0.15, 0.2) is 42.7 Å². The maximum atomic E-state index is 11.9. The maximum Gasteiger partial charge on any atom is 0.207 e. The summed E-state index contributed by atoms with van der Waals surface area (Å²) < 4.78 is 0. The van der Waals surface area contributed by atoms with Crippen molar-refractivity contribution in [1.29, 1.82) is 0 Å². The number of aromatic nitrogens is 2. The Labute approximate surface area is 105 Å². The minimum Gasteiger partial charge on any atom is -0.294 e. The largest absolute Gasteiger partial charge is 0.294 e. The lowest BCUT2D eigenvalue weighted by Gasteiger charge is -2.01. The van der Waals surface area contributed by atoms with E-state index in [9.17, 15) is 9.59 Å². The summed E-state index contributed by atoms with van der Waals surface area (Å²) in [6, 6.07) is 8.79.